The van der Waals surface area contributed by atoms with Crippen LogP contribution in [0, 0.1) is 5.82 Å². The maximum absolute atomic E-state index is 13.0. The van der Waals surface area contributed by atoms with E-state index in [1.165, 1.54) is 42.1 Å². The molecule has 0 spiro atoms. The second-order valence-corrected chi connectivity index (χ2v) is 7.90. The van der Waals surface area contributed by atoms with E-state index in [-0.39, 0.29) is 23.0 Å². The summed E-state index contributed by atoms with van der Waals surface area (Å²) in [5.41, 5.74) is 1.25. The highest BCUT2D eigenvalue weighted by molar-refractivity contribution is 8.18. The average molecular weight is 452 g/mol. The molecule has 0 atom stereocenters. The molecule has 0 radical (unpaired) electrons. The van der Waals surface area contributed by atoms with Crippen molar-refractivity contribution < 1.29 is 28.6 Å². The van der Waals surface area contributed by atoms with Crippen LogP contribution in [0.1, 0.15) is 21.7 Å². The van der Waals surface area contributed by atoms with E-state index in [1.807, 2.05) is 0 Å². The number of carboxylic acids is 1. The van der Waals surface area contributed by atoms with Crippen LogP contribution in [0.15, 0.2) is 68.9 Å². The molecule has 1 aliphatic heterocycles. The molecule has 3 aromatic rings. The van der Waals surface area contributed by atoms with Gasteiger partial charge in [-0.3, -0.25) is 9.79 Å². The van der Waals surface area contributed by atoms with Crippen LogP contribution >= 0.6 is 11.8 Å². The Bertz CT molecular complexity index is 1250. The molecule has 162 valence electrons. The molecule has 0 bridgehead atoms. The van der Waals surface area contributed by atoms with Crippen molar-refractivity contribution in [1.82, 2.24) is 5.32 Å². The van der Waals surface area contributed by atoms with Crippen LogP contribution in [-0.4, -0.2) is 33.8 Å². The molecule has 2 aromatic carbocycles. The summed E-state index contributed by atoms with van der Waals surface area (Å²) in [6, 6.07) is 13.7. The van der Waals surface area contributed by atoms with Gasteiger partial charge in [-0.2, -0.15) is 0 Å². The number of carboxylic acid groups (broad SMARTS) is 1. The van der Waals surface area contributed by atoms with E-state index in [9.17, 15) is 19.1 Å². The molecule has 9 heteroatoms. The van der Waals surface area contributed by atoms with Crippen LogP contribution in [0.4, 0.5) is 4.39 Å². The third-order valence-corrected chi connectivity index (χ3v) is 5.58. The summed E-state index contributed by atoms with van der Waals surface area (Å²) < 4.78 is 18.7. The van der Waals surface area contributed by atoms with Gasteiger partial charge in [0.2, 0.25) is 0 Å². The molecule has 7 nitrogen and oxygen atoms in total. The summed E-state index contributed by atoms with van der Waals surface area (Å²) in [7, 11) is 0. The number of furan rings is 1. The maximum Gasteiger partial charge on any atom is 0.339 e. The highest BCUT2D eigenvalue weighted by Crippen LogP contribution is 2.31. The van der Waals surface area contributed by atoms with Crippen LogP contribution < -0.4 is 5.32 Å². The molecule has 1 aliphatic rings. The first-order valence-electron chi connectivity index (χ1n) is 9.55. The lowest BCUT2D eigenvalue weighted by molar-refractivity contribution is -0.115. The van der Waals surface area contributed by atoms with E-state index in [0.29, 0.717) is 40.1 Å². The van der Waals surface area contributed by atoms with Gasteiger partial charge in [-0.15, -0.1) is 0 Å². The van der Waals surface area contributed by atoms with Crippen molar-refractivity contribution in [1.29, 1.82) is 0 Å². The summed E-state index contributed by atoms with van der Waals surface area (Å²) in [5.74, 6) is -1.33. The zero-order chi connectivity index (χ0) is 22.7. The van der Waals surface area contributed by atoms with Crippen LogP contribution in [-0.2, 0) is 11.2 Å². The Morgan fingerprint density at radius 3 is 2.66 bits per heavy atom. The largest absolute Gasteiger partial charge is 0.507 e. The van der Waals surface area contributed by atoms with Gasteiger partial charge in [0.1, 0.15) is 28.7 Å². The van der Waals surface area contributed by atoms with Crippen molar-refractivity contribution in [3.05, 3.63) is 82.2 Å². The minimum absolute atomic E-state index is 0.201. The van der Waals surface area contributed by atoms with E-state index in [4.69, 9.17) is 9.52 Å². The number of hydrogen-bond donors (Lipinski definition) is 3. The minimum atomic E-state index is -1.22. The minimum Gasteiger partial charge on any atom is -0.507 e. The first kappa shape index (κ1) is 21.4. The molecule has 0 unspecified atom stereocenters. The number of carbonyl (C=O) groups is 2. The van der Waals surface area contributed by atoms with Crippen molar-refractivity contribution in [2.24, 2.45) is 4.99 Å². The maximum atomic E-state index is 13.0. The van der Waals surface area contributed by atoms with Gasteiger partial charge in [-0.05, 0) is 60.1 Å². The number of amides is 1. The van der Waals surface area contributed by atoms with E-state index in [1.54, 1.807) is 30.3 Å². The lowest BCUT2D eigenvalue weighted by atomic mass is 10.1. The Hall–Kier alpha value is -3.85. The average Bonchev–Trinajstić information content (AvgIpc) is 3.36. The standard InChI is InChI=1S/C23H17FN2O5S/c24-15-4-1-13(2-5-15)9-10-25-23-26-21(28)20(32-23)12-16-6-8-19(31-16)14-3-7-17(22(29)30)18(27)11-14/h1-8,11-12,27H,9-10H2,(H,29,30)(H,25,26,28)/b20-12-. The summed E-state index contributed by atoms with van der Waals surface area (Å²) in [4.78, 5) is 28.0. The molecule has 4 rings (SSSR count). The first-order valence-corrected chi connectivity index (χ1v) is 10.4. The molecular weight excluding hydrogens is 435 g/mol. The summed E-state index contributed by atoms with van der Waals surface area (Å²) in [5, 5.41) is 22.0. The van der Waals surface area contributed by atoms with E-state index in [2.05, 4.69) is 10.3 Å². The van der Waals surface area contributed by atoms with Crippen molar-refractivity contribution >= 4 is 34.9 Å². The Labute approximate surface area is 186 Å². The van der Waals surface area contributed by atoms with Crippen LogP contribution in [0.5, 0.6) is 5.75 Å². The normalized spacial score (nSPS) is 16.0. The predicted molar refractivity (Wildman–Crippen MR) is 119 cm³/mol. The second kappa shape index (κ2) is 9.11. The first-order chi connectivity index (χ1) is 15.4. The lowest BCUT2D eigenvalue weighted by Crippen LogP contribution is -2.20. The van der Waals surface area contributed by atoms with Crippen molar-refractivity contribution in [3.63, 3.8) is 0 Å². The summed E-state index contributed by atoms with van der Waals surface area (Å²) in [6.07, 6.45) is 2.20. The second-order valence-electron chi connectivity index (χ2n) is 6.87. The number of thioether (sulfide) groups is 1. The Morgan fingerprint density at radius 2 is 1.94 bits per heavy atom. The monoisotopic (exact) mass is 452 g/mol. The van der Waals surface area contributed by atoms with Crippen molar-refractivity contribution in [2.45, 2.75) is 6.42 Å². The van der Waals surface area contributed by atoms with Gasteiger partial charge < -0.3 is 19.9 Å². The number of rotatable bonds is 6. The summed E-state index contributed by atoms with van der Waals surface area (Å²) in [6.45, 7) is 0.447. The number of aromatic carboxylic acids is 1. The number of phenols is 1. The third kappa shape index (κ3) is 4.89. The molecule has 0 aliphatic carbocycles. The molecule has 2 heterocycles. The number of nitrogens with zero attached hydrogens (tertiary/aromatic N) is 1. The number of aromatic hydroxyl groups is 1. The van der Waals surface area contributed by atoms with Crippen LogP contribution in [0.2, 0.25) is 0 Å². The van der Waals surface area contributed by atoms with Crippen molar-refractivity contribution in [3.8, 4) is 17.1 Å². The molecule has 1 amide bonds. The molecule has 32 heavy (non-hydrogen) atoms. The van der Waals surface area contributed by atoms with Crippen LogP contribution in [0.3, 0.4) is 0 Å². The number of halogens is 1. The van der Waals surface area contributed by atoms with Crippen LogP contribution in [0.25, 0.3) is 17.4 Å². The number of carbonyl (C=O) groups excluding carboxylic acids is 1. The lowest BCUT2D eigenvalue weighted by Gasteiger charge is -2.02. The van der Waals surface area contributed by atoms with Gasteiger partial charge in [-0.25, -0.2) is 9.18 Å². The van der Waals surface area contributed by atoms with E-state index < -0.39 is 5.97 Å². The highest BCUT2D eigenvalue weighted by atomic mass is 32.2. The van der Waals surface area contributed by atoms with Gasteiger partial charge in [0.15, 0.2) is 5.17 Å². The summed E-state index contributed by atoms with van der Waals surface area (Å²) >= 11 is 1.19. The Kier molecular flexibility index (Phi) is 6.09. The Morgan fingerprint density at radius 1 is 1.16 bits per heavy atom. The van der Waals surface area contributed by atoms with E-state index in [0.717, 1.165) is 5.56 Å². The molecule has 1 fully saturated rings. The van der Waals surface area contributed by atoms with Gasteiger partial charge in [0.25, 0.3) is 5.91 Å². The predicted octanol–water partition coefficient (Wildman–Crippen LogP) is 4.29. The van der Waals surface area contributed by atoms with Gasteiger partial charge in [0.05, 0.1) is 4.91 Å². The number of benzene rings is 2. The topological polar surface area (TPSA) is 112 Å². The van der Waals surface area contributed by atoms with Crippen molar-refractivity contribution in [2.75, 3.05) is 6.54 Å². The third-order valence-electron chi connectivity index (χ3n) is 4.63. The van der Waals surface area contributed by atoms with Gasteiger partial charge >= 0.3 is 5.97 Å². The molecule has 1 aromatic heterocycles. The number of aliphatic imine (C=N–C) groups is 1. The zero-order valence-corrected chi connectivity index (χ0v) is 17.4. The highest BCUT2D eigenvalue weighted by Gasteiger charge is 2.24. The quantitative estimate of drug-likeness (QED) is 0.481. The fourth-order valence-corrected chi connectivity index (χ4v) is 3.85. The number of nitrogens with one attached hydrogen (secondary N) is 1. The van der Waals surface area contributed by atoms with E-state index >= 15 is 0 Å². The fraction of sp³-hybridized carbons (Fsp3) is 0.0870. The number of amidine groups is 1. The number of hydrogen-bond acceptors (Lipinski definition) is 6. The molecule has 3 N–H and O–H groups in total. The zero-order valence-electron chi connectivity index (χ0n) is 16.5. The molecular formula is C23H17FN2O5S. The molecule has 0 saturated carbocycles. The smallest absolute Gasteiger partial charge is 0.339 e. The molecule has 1 saturated heterocycles. The van der Waals surface area contributed by atoms with Gasteiger partial charge in [-0.1, -0.05) is 18.2 Å². The SMILES string of the molecule is O=C1NC(=NCCc2ccc(F)cc2)S/C1=C\c1ccc(-c2ccc(C(=O)O)c(O)c2)o1. The Balaban J connectivity index is 1.42. The van der Waals surface area contributed by atoms with Gasteiger partial charge in [0, 0.05) is 18.2 Å². The fourth-order valence-electron chi connectivity index (χ4n) is 3.02.